The van der Waals surface area contributed by atoms with Crippen LogP contribution in [-0.4, -0.2) is 72.0 Å². The second-order valence-electron chi connectivity index (χ2n) is 11.8. The lowest BCUT2D eigenvalue weighted by molar-refractivity contribution is -0.154. The zero-order chi connectivity index (χ0) is 39.0. The molecule has 1 saturated heterocycles. The number of benzene rings is 3. The summed E-state index contributed by atoms with van der Waals surface area (Å²) in [4.78, 5) is 63.3. The SMILES string of the molecule is C=CCO/N=C(\C(=O)NC1C(=O)N2C(C(=O)OC(c3ccccc3)c3ccccc3)=C(/C=C/OS(=O)(=O)c3ccc(C)cc3)CS[C@H]12)c1csc(NC=O)n1. The molecular formula is C38H33N5O9S3. The van der Waals surface area contributed by atoms with Gasteiger partial charge in [-0.15, -0.1) is 23.1 Å². The summed E-state index contributed by atoms with van der Waals surface area (Å²) in [6.45, 7) is 5.36. The molecule has 2 N–H and O–H groups in total. The number of rotatable bonds is 16. The van der Waals surface area contributed by atoms with E-state index in [1.165, 1.54) is 46.3 Å². The zero-order valence-electron chi connectivity index (χ0n) is 29.1. The Bertz CT molecular complexity index is 2240. The summed E-state index contributed by atoms with van der Waals surface area (Å²) in [6, 6.07) is 23.1. The maximum absolute atomic E-state index is 14.3. The van der Waals surface area contributed by atoms with Crippen LogP contribution >= 0.6 is 23.1 Å². The Morgan fingerprint density at radius 1 is 1.05 bits per heavy atom. The zero-order valence-corrected chi connectivity index (χ0v) is 31.5. The lowest BCUT2D eigenvalue weighted by atomic mass is 10.0. The van der Waals surface area contributed by atoms with E-state index < -0.39 is 45.4 Å². The lowest BCUT2D eigenvalue weighted by Gasteiger charge is -2.49. The summed E-state index contributed by atoms with van der Waals surface area (Å²) < 4.78 is 37.2. The van der Waals surface area contributed by atoms with E-state index in [0.29, 0.717) is 17.5 Å². The number of carbonyl (C=O) groups is 4. The molecule has 1 fully saturated rings. The molecule has 282 valence electrons. The van der Waals surface area contributed by atoms with E-state index in [1.807, 2.05) is 67.6 Å². The van der Waals surface area contributed by atoms with Gasteiger partial charge in [0.05, 0.1) is 0 Å². The Labute approximate surface area is 324 Å². The van der Waals surface area contributed by atoms with Crippen molar-refractivity contribution in [1.29, 1.82) is 0 Å². The van der Waals surface area contributed by atoms with Crippen LogP contribution in [0.4, 0.5) is 5.13 Å². The highest BCUT2D eigenvalue weighted by molar-refractivity contribution is 8.00. The summed E-state index contributed by atoms with van der Waals surface area (Å²) >= 11 is 2.27. The van der Waals surface area contributed by atoms with E-state index in [-0.39, 0.29) is 45.1 Å². The van der Waals surface area contributed by atoms with Gasteiger partial charge in [-0.05, 0) is 41.8 Å². The minimum atomic E-state index is -4.20. The number of allylic oxidation sites excluding steroid dienone is 1. The van der Waals surface area contributed by atoms with Gasteiger partial charge in [0.15, 0.2) is 16.9 Å². The Morgan fingerprint density at radius 3 is 2.36 bits per heavy atom. The number of oxime groups is 1. The molecule has 2 atom stereocenters. The number of aryl methyl sites for hydroxylation is 1. The first kappa shape index (κ1) is 38.7. The second kappa shape index (κ2) is 17.4. The number of nitrogens with zero attached hydrogens (tertiary/aromatic N) is 3. The Hall–Kier alpha value is -6.04. The fourth-order valence-corrected chi connectivity index (χ4v) is 8.27. The van der Waals surface area contributed by atoms with Gasteiger partial charge in [0, 0.05) is 11.1 Å². The van der Waals surface area contributed by atoms with Crippen LogP contribution in [0, 0.1) is 6.92 Å². The largest absolute Gasteiger partial charge is 0.448 e. The maximum Gasteiger partial charge on any atom is 0.356 e. The number of β-lactam (4-membered cyclic amide) rings is 1. The molecule has 3 aromatic carbocycles. The van der Waals surface area contributed by atoms with Crippen LogP contribution in [0.3, 0.4) is 0 Å². The van der Waals surface area contributed by atoms with Crippen molar-refractivity contribution in [3.05, 3.63) is 149 Å². The molecule has 17 heteroatoms. The van der Waals surface area contributed by atoms with Crippen LogP contribution in [0.15, 0.2) is 137 Å². The summed E-state index contributed by atoms with van der Waals surface area (Å²) in [7, 11) is -4.20. The molecule has 14 nitrogen and oxygen atoms in total. The predicted molar refractivity (Wildman–Crippen MR) is 206 cm³/mol. The fraction of sp³-hybridized carbons (Fsp3) is 0.158. The Morgan fingerprint density at radius 2 is 1.73 bits per heavy atom. The third-order valence-corrected chi connectivity index (χ3v) is 11.5. The van der Waals surface area contributed by atoms with Crippen molar-refractivity contribution in [3.63, 3.8) is 0 Å². The molecule has 1 unspecified atom stereocenters. The number of ether oxygens (including phenoxy) is 1. The Balaban J connectivity index is 1.30. The number of fused-ring (bicyclic) bond motifs is 1. The molecule has 2 aliphatic heterocycles. The number of amides is 3. The first-order valence-electron chi connectivity index (χ1n) is 16.5. The van der Waals surface area contributed by atoms with E-state index in [4.69, 9.17) is 13.8 Å². The van der Waals surface area contributed by atoms with Crippen LogP contribution in [0.25, 0.3) is 0 Å². The topological polar surface area (TPSA) is 183 Å². The lowest BCUT2D eigenvalue weighted by Crippen LogP contribution is -2.71. The molecule has 1 aromatic heterocycles. The highest BCUT2D eigenvalue weighted by atomic mass is 32.2. The van der Waals surface area contributed by atoms with Gasteiger partial charge >= 0.3 is 16.1 Å². The number of thiazole rings is 1. The average Bonchev–Trinajstić information content (AvgIpc) is 3.66. The number of thioether (sulfide) groups is 1. The van der Waals surface area contributed by atoms with Gasteiger partial charge in [0.25, 0.3) is 11.8 Å². The number of carbonyl (C=O) groups excluding carboxylic acids is 4. The van der Waals surface area contributed by atoms with E-state index in [9.17, 15) is 27.6 Å². The molecule has 0 spiro atoms. The van der Waals surface area contributed by atoms with Gasteiger partial charge in [-0.1, -0.05) is 96.2 Å². The van der Waals surface area contributed by atoms with Crippen molar-refractivity contribution in [2.45, 2.75) is 29.3 Å². The van der Waals surface area contributed by atoms with E-state index in [1.54, 1.807) is 12.1 Å². The van der Waals surface area contributed by atoms with Crippen LogP contribution in [-0.2, 0) is 43.1 Å². The number of esters is 1. The molecule has 55 heavy (non-hydrogen) atoms. The molecular weight excluding hydrogens is 767 g/mol. The van der Waals surface area contributed by atoms with Crippen LogP contribution in [0.2, 0.25) is 0 Å². The molecule has 3 amide bonds. The van der Waals surface area contributed by atoms with Crippen molar-refractivity contribution in [3.8, 4) is 0 Å². The van der Waals surface area contributed by atoms with E-state index >= 15 is 0 Å². The second-order valence-corrected chi connectivity index (χ2v) is 15.4. The third-order valence-electron chi connectivity index (χ3n) is 8.16. The van der Waals surface area contributed by atoms with Crippen molar-refractivity contribution < 1.29 is 41.4 Å². The van der Waals surface area contributed by atoms with Crippen molar-refractivity contribution >= 4 is 68.3 Å². The summed E-state index contributed by atoms with van der Waals surface area (Å²) in [6.07, 6.45) is 3.25. The molecule has 0 bridgehead atoms. The van der Waals surface area contributed by atoms with Crippen LogP contribution < -0.4 is 10.6 Å². The monoisotopic (exact) mass is 799 g/mol. The molecule has 6 rings (SSSR count). The number of hydrogen-bond donors (Lipinski definition) is 2. The normalized spacial score (nSPS) is 16.9. The molecule has 3 heterocycles. The van der Waals surface area contributed by atoms with Gasteiger partial charge in [-0.2, -0.15) is 8.42 Å². The Kier molecular flexibility index (Phi) is 12.2. The summed E-state index contributed by atoms with van der Waals surface area (Å²) in [5, 5.41) is 9.90. The smallest absolute Gasteiger partial charge is 0.356 e. The van der Waals surface area contributed by atoms with Crippen LogP contribution in [0.5, 0.6) is 0 Å². The number of hydrogen-bond acceptors (Lipinski definition) is 13. The van der Waals surface area contributed by atoms with Crippen molar-refractivity contribution in [2.24, 2.45) is 5.16 Å². The van der Waals surface area contributed by atoms with E-state index in [2.05, 4.69) is 27.4 Å². The average molecular weight is 800 g/mol. The van der Waals surface area contributed by atoms with Gasteiger partial charge in [0.1, 0.15) is 40.6 Å². The summed E-state index contributed by atoms with van der Waals surface area (Å²) in [5.74, 6) is -2.19. The maximum atomic E-state index is 14.3. The molecule has 0 saturated carbocycles. The van der Waals surface area contributed by atoms with Crippen LogP contribution in [0.1, 0.15) is 28.5 Å². The van der Waals surface area contributed by atoms with Gasteiger partial charge < -0.3 is 24.4 Å². The minimum absolute atomic E-state index is 0.0233. The number of nitrogens with one attached hydrogen (secondary N) is 2. The van der Waals surface area contributed by atoms with Crippen molar-refractivity contribution in [1.82, 2.24) is 15.2 Å². The van der Waals surface area contributed by atoms with E-state index in [0.717, 1.165) is 23.2 Å². The predicted octanol–water partition coefficient (Wildman–Crippen LogP) is 4.83. The summed E-state index contributed by atoms with van der Waals surface area (Å²) in [5.41, 5.74) is 2.14. The van der Waals surface area contributed by atoms with Crippen molar-refractivity contribution in [2.75, 3.05) is 17.7 Å². The van der Waals surface area contributed by atoms with Gasteiger partial charge in [-0.3, -0.25) is 19.3 Å². The first-order chi connectivity index (χ1) is 26.6. The standard InChI is InChI=1S/C38H33N5O9S3/c1-3-19-50-42-30(29-22-54-38(40-29)39-23-44)34(45)41-31-35(46)43-32(37(47)52-33(25-10-6-4-7-11-25)26-12-8-5-9-13-26)27(21-53-36(31)43)18-20-51-55(48,49)28-16-14-24(2)15-17-28/h3-18,20,22-23,31,33,36H,1,19,21H2,2H3,(H,41,45)(H,39,40,44)/b20-18+,42-30-/t31?,36-/m1/s1. The fourth-order valence-electron chi connectivity index (χ4n) is 5.52. The van der Waals surface area contributed by atoms with Gasteiger partial charge in [0.2, 0.25) is 6.41 Å². The first-order valence-corrected chi connectivity index (χ1v) is 19.9. The molecule has 4 aromatic rings. The third kappa shape index (κ3) is 8.86. The highest BCUT2D eigenvalue weighted by Gasteiger charge is 2.55. The molecule has 0 aliphatic carbocycles. The minimum Gasteiger partial charge on any atom is -0.448 e. The molecule has 0 radical (unpaired) electrons. The highest BCUT2D eigenvalue weighted by Crippen LogP contribution is 2.42. The molecule has 2 aliphatic rings. The number of aromatic nitrogens is 1. The quantitative estimate of drug-likeness (QED) is 0.0182. The number of anilines is 1. The van der Waals surface area contributed by atoms with Gasteiger partial charge in [-0.25, -0.2) is 9.78 Å².